The molecule has 0 saturated heterocycles. The van der Waals surface area contributed by atoms with Crippen molar-refractivity contribution in [1.29, 1.82) is 0 Å². The number of amides is 1. The summed E-state index contributed by atoms with van der Waals surface area (Å²) in [5.74, 6) is -1.92. The zero-order valence-corrected chi connectivity index (χ0v) is 11.1. The largest absolute Gasteiger partial charge is 0.481 e. The molecular weight excluding hydrogens is 260 g/mol. The van der Waals surface area contributed by atoms with Gasteiger partial charge in [0.15, 0.2) is 0 Å². The number of carbonyl (C=O) groups is 2. The van der Waals surface area contributed by atoms with Gasteiger partial charge < -0.3 is 15.3 Å². The molecular formula is C14H16N2O4. The molecule has 0 aliphatic carbocycles. The van der Waals surface area contributed by atoms with Crippen molar-refractivity contribution < 1.29 is 19.5 Å². The van der Waals surface area contributed by atoms with Crippen LogP contribution in [0.4, 0.5) is 0 Å². The molecule has 1 amide bonds. The molecule has 1 aliphatic heterocycles. The number of carbonyl (C=O) groups excluding carboxylic acids is 1. The highest BCUT2D eigenvalue weighted by molar-refractivity contribution is 6.04. The summed E-state index contributed by atoms with van der Waals surface area (Å²) in [6, 6.07) is 9.47. The van der Waals surface area contributed by atoms with Crippen LogP contribution in [0.5, 0.6) is 0 Å². The number of carboxylic acids is 1. The minimum atomic E-state index is -0.945. The van der Waals surface area contributed by atoms with Gasteiger partial charge in [-0.3, -0.25) is 9.59 Å². The lowest BCUT2D eigenvalue weighted by Crippen LogP contribution is -2.38. The Kier molecular flexibility index (Phi) is 4.34. The topological polar surface area (TPSA) is 88.0 Å². The van der Waals surface area contributed by atoms with Crippen molar-refractivity contribution in [2.45, 2.75) is 19.4 Å². The smallest absolute Gasteiger partial charge is 0.308 e. The molecule has 0 fully saturated rings. The summed E-state index contributed by atoms with van der Waals surface area (Å²) >= 11 is 0. The first-order chi connectivity index (χ1) is 9.58. The van der Waals surface area contributed by atoms with E-state index < -0.39 is 18.0 Å². The fraction of sp³-hybridized carbons (Fsp3) is 0.357. The first-order valence-corrected chi connectivity index (χ1v) is 6.36. The summed E-state index contributed by atoms with van der Waals surface area (Å²) < 4.78 is 0. The lowest BCUT2D eigenvalue weighted by Gasteiger charge is -2.11. The molecule has 106 valence electrons. The van der Waals surface area contributed by atoms with Crippen LogP contribution in [0.3, 0.4) is 0 Å². The Labute approximate surface area is 116 Å². The molecule has 0 spiro atoms. The maximum atomic E-state index is 11.8. The number of nitrogens with zero attached hydrogens (tertiary/aromatic N) is 1. The normalized spacial score (nSPS) is 18.9. The van der Waals surface area contributed by atoms with Crippen molar-refractivity contribution in [3.05, 3.63) is 35.9 Å². The van der Waals surface area contributed by atoms with E-state index in [2.05, 4.69) is 10.5 Å². The second-order valence-corrected chi connectivity index (χ2v) is 4.69. The van der Waals surface area contributed by atoms with E-state index in [0.717, 1.165) is 11.3 Å². The number of benzene rings is 1. The molecule has 0 radical (unpaired) electrons. The quantitative estimate of drug-likeness (QED) is 0.840. The number of hydrogen-bond acceptors (Lipinski definition) is 4. The third kappa shape index (κ3) is 3.34. The molecule has 0 saturated carbocycles. The van der Waals surface area contributed by atoms with Crippen molar-refractivity contribution in [1.82, 2.24) is 5.32 Å². The van der Waals surface area contributed by atoms with Gasteiger partial charge in [-0.15, -0.1) is 0 Å². The molecule has 20 heavy (non-hydrogen) atoms. The fourth-order valence-corrected chi connectivity index (χ4v) is 1.77. The van der Waals surface area contributed by atoms with Gasteiger partial charge in [-0.05, 0) is 5.56 Å². The van der Waals surface area contributed by atoms with E-state index in [9.17, 15) is 9.59 Å². The molecule has 2 atom stereocenters. The fourth-order valence-electron chi connectivity index (χ4n) is 1.77. The number of aliphatic carboxylic acids is 1. The van der Waals surface area contributed by atoms with Crippen molar-refractivity contribution in [2.24, 2.45) is 11.1 Å². The Morgan fingerprint density at radius 3 is 2.80 bits per heavy atom. The summed E-state index contributed by atoms with van der Waals surface area (Å²) in [5.41, 5.74) is 1.64. The lowest BCUT2D eigenvalue weighted by molar-refractivity contribution is -0.141. The third-order valence-electron chi connectivity index (χ3n) is 3.07. The molecule has 6 heteroatoms. The Morgan fingerprint density at radius 1 is 1.45 bits per heavy atom. The summed E-state index contributed by atoms with van der Waals surface area (Å²) in [7, 11) is 0. The molecule has 1 aromatic rings. The van der Waals surface area contributed by atoms with Gasteiger partial charge in [0.05, 0.1) is 11.6 Å². The van der Waals surface area contributed by atoms with Gasteiger partial charge in [0.2, 0.25) is 6.10 Å². The minimum absolute atomic E-state index is 0.0781. The van der Waals surface area contributed by atoms with Crippen LogP contribution in [0, 0.1) is 5.92 Å². The highest BCUT2D eigenvalue weighted by atomic mass is 16.6. The van der Waals surface area contributed by atoms with Gasteiger partial charge in [0, 0.05) is 13.0 Å². The van der Waals surface area contributed by atoms with E-state index in [1.807, 2.05) is 30.3 Å². The van der Waals surface area contributed by atoms with E-state index >= 15 is 0 Å². The molecule has 2 unspecified atom stereocenters. The van der Waals surface area contributed by atoms with Gasteiger partial charge in [-0.1, -0.05) is 42.4 Å². The van der Waals surface area contributed by atoms with Gasteiger partial charge in [-0.25, -0.2) is 0 Å². The van der Waals surface area contributed by atoms with Crippen LogP contribution in [0.2, 0.25) is 0 Å². The van der Waals surface area contributed by atoms with Crippen LogP contribution in [0.25, 0.3) is 0 Å². The molecule has 0 aromatic heterocycles. The Hall–Kier alpha value is -2.37. The maximum Gasteiger partial charge on any atom is 0.308 e. The lowest BCUT2D eigenvalue weighted by atomic mass is 10.0. The van der Waals surface area contributed by atoms with Crippen LogP contribution in [0.15, 0.2) is 35.5 Å². The first kappa shape index (κ1) is 14.0. The van der Waals surface area contributed by atoms with Crippen molar-refractivity contribution in [2.75, 3.05) is 6.54 Å². The zero-order chi connectivity index (χ0) is 14.5. The number of nitrogens with one attached hydrogen (secondary N) is 1. The number of hydrogen-bond donors (Lipinski definition) is 2. The highest BCUT2D eigenvalue weighted by Crippen LogP contribution is 2.16. The van der Waals surface area contributed by atoms with E-state index in [-0.39, 0.29) is 12.5 Å². The number of oxime groups is 1. The van der Waals surface area contributed by atoms with Gasteiger partial charge in [-0.2, -0.15) is 0 Å². The van der Waals surface area contributed by atoms with Crippen LogP contribution in [-0.4, -0.2) is 35.3 Å². The molecule has 2 rings (SSSR count). The molecule has 1 heterocycles. The molecule has 2 N–H and O–H groups in total. The maximum absolute atomic E-state index is 11.8. The average Bonchev–Trinajstić information content (AvgIpc) is 2.95. The van der Waals surface area contributed by atoms with E-state index in [1.54, 1.807) is 0 Å². The van der Waals surface area contributed by atoms with Crippen molar-refractivity contribution in [3.63, 3.8) is 0 Å². The molecule has 0 bridgehead atoms. The summed E-state index contributed by atoms with van der Waals surface area (Å²) in [4.78, 5) is 27.6. The van der Waals surface area contributed by atoms with E-state index in [4.69, 9.17) is 9.94 Å². The number of carboxylic acid groups (broad SMARTS) is 1. The van der Waals surface area contributed by atoms with Crippen LogP contribution in [0.1, 0.15) is 18.9 Å². The average molecular weight is 276 g/mol. The van der Waals surface area contributed by atoms with Gasteiger partial charge in [0.1, 0.15) is 0 Å². The van der Waals surface area contributed by atoms with Gasteiger partial charge in [0.25, 0.3) is 5.91 Å². The SMILES string of the molecule is CC(CNC(=O)C1CC(c2ccccc2)=NO1)C(=O)O. The predicted octanol–water partition coefficient (Wildman–Crippen LogP) is 1.02. The van der Waals surface area contributed by atoms with Crippen LogP contribution < -0.4 is 5.32 Å². The Bertz CT molecular complexity index is 527. The second kappa shape index (κ2) is 6.18. The first-order valence-electron chi connectivity index (χ1n) is 6.36. The monoisotopic (exact) mass is 276 g/mol. The summed E-state index contributed by atoms with van der Waals surface area (Å²) in [5, 5.41) is 15.2. The summed E-state index contributed by atoms with van der Waals surface area (Å²) in [6.45, 7) is 1.61. The minimum Gasteiger partial charge on any atom is -0.481 e. The van der Waals surface area contributed by atoms with Crippen LogP contribution in [-0.2, 0) is 14.4 Å². The van der Waals surface area contributed by atoms with Gasteiger partial charge >= 0.3 is 5.97 Å². The van der Waals surface area contributed by atoms with Crippen molar-refractivity contribution in [3.8, 4) is 0 Å². The standard InChI is InChI=1S/C14H16N2O4/c1-9(14(18)19)8-15-13(17)12-7-11(16-20-12)10-5-3-2-4-6-10/h2-6,9,12H,7-8H2,1H3,(H,15,17)(H,18,19). The third-order valence-corrected chi connectivity index (χ3v) is 3.07. The van der Waals surface area contributed by atoms with E-state index in [0.29, 0.717) is 6.42 Å². The Balaban J connectivity index is 1.85. The van der Waals surface area contributed by atoms with E-state index in [1.165, 1.54) is 6.92 Å². The zero-order valence-electron chi connectivity index (χ0n) is 11.1. The highest BCUT2D eigenvalue weighted by Gasteiger charge is 2.29. The van der Waals surface area contributed by atoms with Crippen LogP contribution >= 0.6 is 0 Å². The predicted molar refractivity (Wildman–Crippen MR) is 72.3 cm³/mol. The summed E-state index contributed by atoms with van der Waals surface area (Å²) in [6.07, 6.45) is -0.302. The second-order valence-electron chi connectivity index (χ2n) is 4.69. The Morgan fingerprint density at radius 2 is 2.15 bits per heavy atom. The number of rotatable bonds is 5. The van der Waals surface area contributed by atoms with Crippen molar-refractivity contribution >= 4 is 17.6 Å². The molecule has 1 aliphatic rings. The molecule has 6 nitrogen and oxygen atoms in total. The molecule has 1 aromatic carbocycles.